The number of hydrogen-bond donors (Lipinski definition) is 1. The quantitative estimate of drug-likeness (QED) is 0.910. The van der Waals surface area contributed by atoms with Gasteiger partial charge >= 0.3 is 0 Å². The maximum Gasteiger partial charge on any atom is 0.122 e. The van der Waals surface area contributed by atoms with Gasteiger partial charge in [0.15, 0.2) is 0 Å². The van der Waals surface area contributed by atoms with Gasteiger partial charge in [-0.2, -0.15) is 0 Å². The Kier molecular flexibility index (Phi) is 4.48. The minimum atomic E-state index is -0.745. The van der Waals surface area contributed by atoms with E-state index in [1.807, 2.05) is 24.3 Å². The van der Waals surface area contributed by atoms with Crippen molar-refractivity contribution in [3.8, 4) is 17.2 Å². The van der Waals surface area contributed by atoms with E-state index in [2.05, 4.69) is 0 Å². The van der Waals surface area contributed by atoms with Gasteiger partial charge in [0.2, 0.25) is 0 Å². The van der Waals surface area contributed by atoms with Crippen molar-refractivity contribution in [2.45, 2.75) is 6.10 Å². The molecule has 0 amide bonds. The summed E-state index contributed by atoms with van der Waals surface area (Å²) >= 11 is 0. The van der Waals surface area contributed by atoms with E-state index in [1.54, 1.807) is 39.5 Å². The molecule has 0 saturated carbocycles. The molecule has 4 nitrogen and oxygen atoms in total. The molecule has 2 aromatic rings. The molecule has 106 valence electrons. The van der Waals surface area contributed by atoms with E-state index in [0.717, 1.165) is 11.3 Å². The van der Waals surface area contributed by atoms with Crippen LogP contribution in [0.5, 0.6) is 17.2 Å². The lowest BCUT2D eigenvalue weighted by Crippen LogP contribution is -2.01. The molecule has 0 bridgehead atoms. The minimum absolute atomic E-state index is 0.645. The standard InChI is InChI=1S/C16H18O4/c1-18-13-6-4-11(5-7-13)16(17)12-8-14(19-2)10-15(9-12)20-3/h4-10,16-17H,1-3H3. The number of aliphatic hydroxyl groups is 1. The van der Waals surface area contributed by atoms with Gasteiger partial charge in [0.1, 0.15) is 23.4 Å². The molecule has 0 fully saturated rings. The van der Waals surface area contributed by atoms with Crippen LogP contribution in [0.3, 0.4) is 0 Å². The Labute approximate surface area is 118 Å². The third-order valence-electron chi connectivity index (χ3n) is 3.12. The highest BCUT2D eigenvalue weighted by Crippen LogP contribution is 2.30. The molecule has 1 N–H and O–H groups in total. The zero-order chi connectivity index (χ0) is 14.5. The van der Waals surface area contributed by atoms with Crippen LogP contribution in [0.2, 0.25) is 0 Å². The molecule has 2 rings (SSSR count). The molecule has 0 radical (unpaired) electrons. The number of ether oxygens (including phenoxy) is 3. The molecular formula is C16H18O4. The molecule has 0 aromatic heterocycles. The van der Waals surface area contributed by atoms with Crippen molar-refractivity contribution >= 4 is 0 Å². The highest BCUT2D eigenvalue weighted by atomic mass is 16.5. The monoisotopic (exact) mass is 274 g/mol. The van der Waals surface area contributed by atoms with E-state index in [4.69, 9.17) is 14.2 Å². The summed E-state index contributed by atoms with van der Waals surface area (Å²) in [5, 5.41) is 10.4. The zero-order valence-corrected chi connectivity index (χ0v) is 11.8. The Morgan fingerprint density at radius 3 is 1.65 bits per heavy atom. The Morgan fingerprint density at radius 2 is 1.20 bits per heavy atom. The molecule has 0 aliphatic carbocycles. The average molecular weight is 274 g/mol. The van der Waals surface area contributed by atoms with Gasteiger partial charge in [-0.25, -0.2) is 0 Å². The topological polar surface area (TPSA) is 47.9 Å². The zero-order valence-electron chi connectivity index (χ0n) is 11.8. The first-order valence-corrected chi connectivity index (χ1v) is 6.23. The summed E-state index contributed by atoms with van der Waals surface area (Å²) in [5.41, 5.74) is 1.49. The molecule has 0 aliphatic rings. The first-order chi connectivity index (χ1) is 9.67. The molecule has 1 unspecified atom stereocenters. The summed E-state index contributed by atoms with van der Waals surface area (Å²) in [7, 11) is 4.77. The SMILES string of the molecule is COc1ccc(C(O)c2cc(OC)cc(OC)c2)cc1. The largest absolute Gasteiger partial charge is 0.497 e. The Bertz CT molecular complexity index is 541. The fourth-order valence-electron chi connectivity index (χ4n) is 1.97. The second-order valence-electron chi connectivity index (χ2n) is 4.32. The second-order valence-corrected chi connectivity index (χ2v) is 4.32. The van der Waals surface area contributed by atoms with Crippen LogP contribution in [0.25, 0.3) is 0 Å². The van der Waals surface area contributed by atoms with Gasteiger partial charge in [0.05, 0.1) is 21.3 Å². The minimum Gasteiger partial charge on any atom is -0.497 e. The normalized spacial score (nSPS) is 11.8. The van der Waals surface area contributed by atoms with E-state index < -0.39 is 6.10 Å². The summed E-state index contributed by atoms with van der Waals surface area (Å²) in [6.07, 6.45) is -0.745. The lowest BCUT2D eigenvalue weighted by Gasteiger charge is -2.14. The molecule has 0 spiro atoms. The number of hydrogen-bond acceptors (Lipinski definition) is 4. The fourth-order valence-corrected chi connectivity index (χ4v) is 1.97. The van der Waals surface area contributed by atoms with Crippen LogP contribution in [0.4, 0.5) is 0 Å². The van der Waals surface area contributed by atoms with Gasteiger partial charge in [-0.15, -0.1) is 0 Å². The van der Waals surface area contributed by atoms with Crippen molar-refractivity contribution < 1.29 is 19.3 Å². The summed E-state index contributed by atoms with van der Waals surface area (Å²) in [4.78, 5) is 0. The number of methoxy groups -OCH3 is 3. The number of rotatable bonds is 5. The summed E-state index contributed by atoms with van der Waals surface area (Å²) < 4.78 is 15.5. The third-order valence-corrected chi connectivity index (χ3v) is 3.12. The van der Waals surface area contributed by atoms with Crippen LogP contribution in [0.1, 0.15) is 17.2 Å². The maximum atomic E-state index is 10.4. The third kappa shape index (κ3) is 3.03. The molecule has 4 heteroatoms. The summed E-state index contributed by atoms with van der Waals surface area (Å²) in [6.45, 7) is 0. The molecule has 0 aliphatic heterocycles. The van der Waals surface area contributed by atoms with Crippen molar-refractivity contribution in [3.05, 3.63) is 53.6 Å². The van der Waals surface area contributed by atoms with E-state index in [1.165, 1.54) is 0 Å². The van der Waals surface area contributed by atoms with Gasteiger partial charge in [-0.3, -0.25) is 0 Å². The first-order valence-electron chi connectivity index (χ1n) is 6.23. The highest BCUT2D eigenvalue weighted by Gasteiger charge is 2.13. The fraction of sp³-hybridized carbons (Fsp3) is 0.250. The van der Waals surface area contributed by atoms with Gasteiger partial charge in [-0.05, 0) is 35.4 Å². The first kappa shape index (κ1) is 14.2. The lowest BCUT2D eigenvalue weighted by atomic mass is 10.0. The van der Waals surface area contributed by atoms with E-state index >= 15 is 0 Å². The molecule has 1 atom stereocenters. The van der Waals surface area contributed by atoms with E-state index in [9.17, 15) is 5.11 Å². The van der Waals surface area contributed by atoms with Crippen LogP contribution in [-0.2, 0) is 0 Å². The number of benzene rings is 2. The van der Waals surface area contributed by atoms with Crippen LogP contribution in [0, 0.1) is 0 Å². The second kappa shape index (κ2) is 6.30. The predicted molar refractivity (Wildman–Crippen MR) is 76.6 cm³/mol. The summed E-state index contributed by atoms with van der Waals surface area (Å²) in [6, 6.07) is 12.6. The van der Waals surface area contributed by atoms with Gasteiger partial charge in [-0.1, -0.05) is 12.1 Å². The number of aliphatic hydroxyl groups excluding tert-OH is 1. The smallest absolute Gasteiger partial charge is 0.122 e. The average Bonchev–Trinajstić information content (AvgIpc) is 2.53. The molecule has 20 heavy (non-hydrogen) atoms. The molecule has 0 saturated heterocycles. The molecule has 2 aromatic carbocycles. The van der Waals surface area contributed by atoms with Crippen LogP contribution >= 0.6 is 0 Å². The predicted octanol–water partition coefficient (Wildman–Crippen LogP) is 2.79. The Morgan fingerprint density at radius 1 is 0.700 bits per heavy atom. The van der Waals surface area contributed by atoms with Crippen LogP contribution in [-0.4, -0.2) is 26.4 Å². The molecule has 0 heterocycles. The van der Waals surface area contributed by atoms with Crippen molar-refractivity contribution in [2.24, 2.45) is 0 Å². The Balaban J connectivity index is 2.33. The van der Waals surface area contributed by atoms with Gasteiger partial charge < -0.3 is 19.3 Å². The molecular weight excluding hydrogens is 256 g/mol. The van der Waals surface area contributed by atoms with Gasteiger partial charge in [0.25, 0.3) is 0 Å². The van der Waals surface area contributed by atoms with E-state index in [-0.39, 0.29) is 0 Å². The van der Waals surface area contributed by atoms with Crippen LogP contribution < -0.4 is 14.2 Å². The van der Waals surface area contributed by atoms with Crippen molar-refractivity contribution in [2.75, 3.05) is 21.3 Å². The van der Waals surface area contributed by atoms with Crippen LogP contribution in [0.15, 0.2) is 42.5 Å². The van der Waals surface area contributed by atoms with Crippen molar-refractivity contribution in [3.63, 3.8) is 0 Å². The summed E-state index contributed by atoms with van der Waals surface area (Å²) in [5.74, 6) is 2.04. The Hall–Kier alpha value is -2.20. The lowest BCUT2D eigenvalue weighted by molar-refractivity contribution is 0.219. The van der Waals surface area contributed by atoms with Crippen molar-refractivity contribution in [1.29, 1.82) is 0 Å². The van der Waals surface area contributed by atoms with Crippen molar-refractivity contribution in [1.82, 2.24) is 0 Å². The van der Waals surface area contributed by atoms with E-state index in [0.29, 0.717) is 17.1 Å². The van der Waals surface area contributed by atoms with Gasteiger partial charge in [0, 0.05) is 6.07 Å². The maximum absolute atomic E-state index is 10.4. The highest BCUT2D eigenvalue weighted by molar-refractivity contribution is 5.42.